The molecular weight excluding hydrogens is 248 g/mol. The molecule has 0 bridgehead atoms. The Morgan fingerprint density at radius 1 is 1.47 bits per heavy atom. The van der Waals surface area contributed by atoms with Gasteiger partial charge >= 0.3 is 5.82 Å². The molecule has 0 aliphatic heterocycles. The molecule has 2 heterocycles. The molecule has 0 radical (unpaired) electrons. The van der Waals surface area contributed by atoms with Crippen molar-refractivity contribution >= 4 is 11.6 Å². The zero-order valence-corrected chi connectivity index (χ0v) is 10.7. The predicted molar refractivity (Wildman–Crippen MR) is 68.9 cm³/mol. The van der Waals surface area contributed by atoms with Gasteiger partial charge in [0.2, 0.25) is 0 Å². The summed E-state index contributed by atoms with van der Waals surface area (Å²) in [6, 6.07) is 3.19. The van der Waals surface area contributed by atoms with E-state index in [2.05, 4.69) is 20.4 Å². The van der Waals surface area contributed by atoms with Crippen molar-refractivity contribution < 1.29 is 4.92 Å². The highest BCUT2D eigenvalue weighted by Gasteiger charge is 2.12. The van der Waals surface area contributed by atoms with E-state index in [0.29, 0.717) is 12.4 Å². The fourth-order valence-electron chi connectivity index (χ4n) is 1.65. The molecule has 2 aromatic rings. The van der Waals surface area contributed by atoms with E-state index in [1.165, 1.54) is 16.9 Å². The maximum absolute atomic E-state index is 10.5. The topological polar surface area (TPSA) is 98.8 Å². The summed E-state index contributed by atoms with van der Waals surface area (Å²) in [7, 11) is 0. The van der Waals surface area contributed by atoms with Gasteiger partial charge in [0.15, 0.2) is 5.82 Å². The highest BCUT2D eigenvalue weighted by molar-refractivity contribution is 5.35. The van der Waals surface area contributed by atoms with Crippen molar-refractivity contribution in [3.63, 3.8) is 0 Å². The van der Waals surface area contributed by atoms with Gasteiger partial charge in [-0.2, -0.15) is 4.68 Å². The normalized spacial score (nSPS) is 10.4. The Labute approximate surface area is 109 Å². The van der Waals surface area contributed by atoms with E-state index in [1.807, 2.05) is 19.9 Å². The van der Waals surface area contributed by atoms with Crippen LogP contribution in [0.5, 0.6) is 0 Å². The Morgan fingerprint density at radius 3 is 2.89 bits per heavy atom. The van der Waals surface area contributed by atoms with Gasteiger partial charge in [-0.25, -0.2) is 9.97 Å². The molecule has 0 unspecified atom stereocenters. The lowest BCUT2D eigenvalue weighted by molar-refractivity contribution is -0.389. The zero-order chi connectivity index (χ0) is 13.8. The van der Waals surface area contributed by atoms with Crippen molar-refractivity contribution in [1.29, 1.82) is 0 Å². The second-order valence-electron chi connectivity index (χ2n) is 3.97. The Morgan fingerprint density at radius 2 is 2.26 bits per heavy atom. The van der Waals surface area contributed by atoms with Crippen LogP contribution in [0.2, 0.25) is 0 Å². The average Bonchev–Trinajstić information content (AvgIpc) is 2.77. The van der Waals surface area contributed by atoms with Gasteiger partial charge in [-0.1, -0.05) is 0 Å². The number of anilines is 1. The summed E-state index contributed by atoms with van der Waals surface area (Å²) in [5.74, 6) is 1.13. The standard InChI is InChI=1S/C11H14N6O2/c1-3-12-9-6-8(2)13-10(14-9)7-16-5-4-11(15-16)17(18)19/h4-6H,3,7H2,1-2H3,(H,12,13,14). The van der Waals surface area contributed by atoms with E-state index in [-0.39, 0.29) is 5.82 Å². The van der Waals surface area contributed by atoms with Crippen LogP contribution in [-0.4, -0.2) is 31.2 Å². The average molecular weight is 262 g/mol. The summed E-state index contributed by atoms with van der Waals surface area (Å²) in [6.07, 6.45) is 1.54. The lowest BCUT2D eigenvalue weighted by atomic mass is 10.4. The summed E-state index contributed by atoms with van der Waals surface area (Å²) in [4.78, 5) is 18.6. The molecule has 0 spiro atoms. The van der Waals surface area contributed by atoms with Gasteiger partial charge < -0.3 is 15.4 Å². The van der Waals surface area contributed by atoms with E-state index in [1.54, 1.807) is 0 Å². The summed E-state index contributed by atoms with van der Waals surface area (Å²) in [5.41, 5.74) is 0.836. The van der Waals surface area contributed by atoms with Crippen molar-refractivity contribution in [2.75, 3.05) is 11.9 Å². The minimum atomic E-state index is -0.530. The predicted octanol–water partition coefficient (Wildman–Crippen LogP) is 1.37. The molecule has 2 aromatic heterocycles. The molecule has 100 valence electrons. The molecule has 0 amide bonds. The first kappa shape index (κ1) is 12.9. The Kier molecular flexibility index (Phi) is 3.69. The second kappa shape index (κ2) is 5.42. The molecule has 8 heteroatoms. The molecule has 0 fully saturated rings. The van der Waals surface area contributed by atoms with E-state index >= 15 is 0 Å². The number of nitro groups is 1. The smallest absolute Gasteiger partial charge is 0.370 e. The molecule has 1 N–H and O–H groups in total. The van der Waals surface area contributed by atoms with Gasteiger partial charge in [0, 0.05) is 18.3 Å². The lowest BCUT2D eigenvalue weighted by Gasteiger charge is -2.05. The molecule has 8 nitrogen and oxygen atoms in total. The molecule has 19 heavy (non-hydrogen) atoms. The van der Waals surface area contributed by atoms with Crippen LogP contribution >= 0.6 is 0 Å². The van der Waals surface area contributed by atoms with Gasteiger partial charge in [-0.05, 0) is 18.8 Å². The summed E-state index contributed by atoms with van der Waals surface area (Å²) in [6.45, 7) is 4.92. The van der Waals surface area contributed by atoms with Gasteiger partial charge in [0.25, 0.3) is 0 Å². The molecule has 0 saturated heterocycles. The van der Waals surface area contributed by atoms with E-state index in [9.17, 15) is 10.1 Å². The van der Waals surface area contributed by atoms with Crippen LogP contribution in [0, 0.1) is 17.0 Å². The molecule has 2 rings (SSSR count). The highest BCUT2D eigenvalue weighted by atomic mass is 16.6. The summed E-state index contributed by atoms with van der Waals surface area (Å²) >= 11 is 0. The molecule has 0 aliphatic carbocycles. The first-order valence-electron chi connectivity index (χ1n) is 5.84. The number of hydrogen-bond donors (Lipinski definition) is 1. The summed E-state index contributed by atoms with van der Waals surface area (Å²) < 4.78 is 1.45. The molecule has 0 aromatic carbocycles. The fourth-order valence-corrected chi connectivity index (χ4v) is 1.65. The maximum atomic E-state index is 10.5. The number of hydrogen-bond acceptors (Lipinski definition) is 6. The monoisotopic (exact) mass is 262 g/mol. The van der Waals surface area contributed by atoms with Crippen molar-refractivity contribution in [2.24, 2.45) is 0 Å². The van der Waals surface area contributed by atoms with Crippen LogP contribution in [0.1, 0.15) is 18.4 Å². The van der Waals surface area contributed by atoms with E-state index in [0.717, 1.165) is 18.1 Å². The van der Waals surface area contributed by atoms with Gasteiger partial charge in [0.05, 0.1) is 17.4 Å². The van der Waals surface area contributed by atoms with Crippen molar-refractivity contribution in [1.82, 2.24) is 19.7 Å². The third kappa shape index (κ3) is 3.24. The molecule has 0 aliphatic rings. The SMILES string of the molecule is CCNc1cc(C)nc(Cn2ccc([N+](=O)[O-])n2)n1. The molecule has 0 atom stereocenters. The van der Waals surface area contributed by atoms with Crippen LogP contribution in [0.3, 0.4) is 0 Å². The second-order valence-corrected chi connectivity index (χ2v) is 3.97. The summed E-state index contributed by atoms with van der Waals surface area (Å²) in [5, 5.41) is 17.5. The van der Waals surface area contributed by atoms with Crippen LogP contribution in [-0.2, 0) is 6.54 Å². The minimum absolute atomic E-state index is 0.181. The van der Waals surface area contributed by atoms with Gasteiger partial charge in [0.1, 0.15) is 12.4 Å². The Hall–Kier alpha value is -2.51. The minimum Gasteiger partial charge on any atom is -0.370 e. The number of rotatable bonds is 5. The third-order valence-electron chi connectivity index (χ3n) is 2.38. The Balaban J connectivity index is 2.19. The van der Waals surface area contributed by atoms with E-state index < -0.39 is 4.92 Å². The van der Waals surface area contributed by atoms with Crippen molar-refractivity contribution in [2.45, 2.75) is 20.4 Å². The fraction of sp³-hybridized carbons (Fsp3) is 0.364. The number of nitrogens with one attached hydrogen (secondary N) is 1. The highest BCUT2D eigenvalue weighted by Crippen LogP contribution is 2.09. The first-order valence-corrected chi connectivity index (χ1v) is 5.84. The van der Waals surface area contributed by atoms with Crippen molar-refractivity contribution in [3.8, 4) is 0 Å². The van der Waals surface area contributed by atoms with Gasteiger partial charge in [-0.3, -0.25) is 0 Å². The van der Waals surface area contributed by atoms with Crippen molar-refractivity contribution in [3.05, 3.63) is 40.0 Å². The molecule has 0 saturated carbocycles. The number of aromatic nitrogens is 4. The lowest BCUT2D eigenvalue weighted by Crippen LogP contribution is -2.09. The van der Waals surface area contributed by atoms with Crippen LogP contribution in [0.15, 0.2) is 18.3 Å². The van der Waals surface area contributed by atoms with Gasteiger partial charge in [-0.15, -0.1) is 0 Å². The Bertz CT molecular complexity index is 595. The van der Waals surface area contributed by atoms with E-state index in [4.69, 9.17) is 0 Å². The first-order chi connectivity index (χ1) is 9.08. The maximum Gasteiger partial charge on any atom is 0.389 e. The van der Waals surface area contributed by atoms with Crippen LogP contribution < -0.4 is 5.32 Å². The largest absolute Gasteiger partial charge is 0.389 e. The zero-order valence-electron chi connectivity index (χ0n) is 10.7. The van der Waals surface area contributed by atoms with Crippen LogP contribution in [0.25, 0.3) is 0 Å². The number of nitrogens with zero attached hydrogens (tertiary/aromatic N) is 5. The van der Waals surface area contributed by atoms with Crippen LogP contribution in [0.4, 0.5) is 11.6 Å². The third-order valence-corrected chi connectivity index (χ3v) is 2.38. The quantitative estimate of drug-likeness (QED) is 0.645. The molecular formula is C11H14N6O2. The number of aryl methyl sites for hydroxylation is 1.